The molecule has 0 saturated carbocycles. The average molecular weight is 438 g/mol. The van der Waals surface area contributed by atoms with E-state index in [0.717, 1.165) is 22.6 Å². The first-order chi connectivity index (χ1) is 15.4. The van der Waals surface area contributed by atoms with Crippen LogP contribution in [0.5, 0.6) is 0 Å². The van der Waals surface area contributed by atoms with Gasteiger partial charge in [-0.15, -0.1) is 0 Å². The molecule has 8 heteroatoms. The number of alkyl halides is 3. The molecular weight excluding hydrogens is 421 g/mol. The number of hydrogen-bond donors (Lipinski definition) is 0. The van der Waals surface area contributed by atoms with E-state index in [0.29, 0.717) is 5.69 Å². The largest absolute Gasteiger partial charge is 0.416 e. The fourth-order valence-electron chi connectivity index (χ4n) is 4.28. The zero-order valence-corrected chi connectivity index (χ0v) is 16.6. The van der Waals surface area contributed by atoms with Crippen LogP contribution in [0.4, 0.5) is 24.5 Å². The highest BCUT2D eigenvalue weighted by Gasteiger charge is 2.60. The van der Waals surface area contributed by atoms with E-state index in [-0.39, 0.29) is 5.69 Å². The molecule has 3 atom stereocenters. The highest BCUT2D eigenvalue weighted by Crippen LogP contribution is 2.47. The van der Waals surface area contributed by atoms with Gasteiger partial charge in [0.15, 0.2) is 6.10 Å². The predicted molar refractivity (Wildman–Crippen MR) is 110 cm³/mol. The minimum Gasteiger partial charge on any atom is -0.273 e. The molecule has 2 saturated heterocycles. The fraction of sp³-hybridized carbons (Fsp3) is 0.167. The molecular formula is C24H17F3N2O3. The number of carbonyl (C=O) groups excluding carboxylic acids is 2. The summed E-state index contributed by atoms with van der Waals surface area (Å²) in [6.07, 6.45) is -5.73. The molecule has 162 valence electrons. The first-order valence-corrected chi connectivity index (χ1v) is 9.97. The number of benzene rings is 3. The Kier molecular flexibility index (Phi) is 4.74. The average Bonchev–Trinajstić information content (AvgIpc) is 3.30. The van der Waals surface area contributed by atoms with Crippen LogP contribution in [-0.4, -0.2) is 17.9 Å². The number of para-hydroxylation sites is 1. The van der Waals surface area contributed by atoms with Gasteiger partial charge in [0.2, 0.25) is 5.91 Å². The summed E-state index contributed by atoms with van der Waals surface area (Å²) in [5.74, 6) is -2.18. The molecule has 2 amide bonds. The van der Waals surface area contributed by atoms with E-state index in [1.165, 1.54) is 12.1 Å². The molecule has 32 heavy (non-hydrogen) atoms. The maximum Gasteiger partial charge on any atom is 0.416 e. The lowest BCUT2D eigenvalue weighted by Gasteiger charge is -2.28. The fourth-order valence-corrected chi connectivity index (χ4v) is 4.28. The van der Waals surface area contributed by atoms with E-state index >= 15 is 0 Å². The van der Waals surface area contributed by atoms with Crippen LogP contribution in [0.1, 0.15) is 17.2 Å². The first kappa shape index (κ1) is 20.3. The third-order valence-electron chi connectivity index (χ3n) is 5.70. The minimum absolute atomic E-state index is 0.120. The van der Waals surface area contributed by atoms with E-state index in [1.54, 1.807) is 17.2 Å². The summed E-state index contributed by atoms with van der Waals surface area (Å²) in [4.78, 5) is 33.4. The van der Waals surface area contributed by atoms with Crippen molar-refractivity contribution in [1.82, 2.24) is 0 Å². The van der Waals surface area contributed by atoms with E-state index in [1.807, 2.05) is 48.5 Å². The van der Waals surface area contributed by atoms with Gasteiger partial charge >= 0.3 is 6.18 Å². The SMILES string of the molecule is O=C1[C@H]2[C@@H](ON(c3ccccc3)[C@H]2c2ccccc2)C(=O)N1c1cccc(C(F)(F)F)c1. The van der Waals surface area contributed by atoms with Crippen molar-refractivity contribution in [3.05, 3.63) is 96.1 Å². The van der Waals surface area contributed by atoms with Crippen molar-refractivity contribution in [3.63, 3.8) is 0 Å². The predicted octanol–water partition coefficient (Wildman–Crippen LogP) is 4.76. The van der Waals surface area contributed by atoms with Crippen LogP contribution >= 0.6 is 0 Å². The van der Waals surface area contributed by atoms with Crippen molar-refractivity contribution in [1.29, 1.82) is 0 Å². The van der Waals surface area contributed by atoms with Gasteiger partial charge in [-0.1, -0.05) is 54.6 Å². The van der Waals surface area contributed by atoms with Gasteiger partial charge in [0.1, 0.15) is 5.92 Å². The van der Waals surface area contributed by atoms with Crippen LogP contribution in [0, 0.1) is 5.92 Å². The summed E-state index contributed by atoms with van der Waals surface area (Å²) in [5.41, 5.74) is 0.378. The van der Waals surface area contributed by atoms with E-state index in [2.05, 4.69) is 0 Å². The Morgan fingerprint density at radius 1 is 0.750 bits per heavy atom. The smallest absolute Gasteiger partial charge is 0.273 e. The second kappa shape index (κ2) is 7.49. The molecule has 0 aliphatic carbocycles. The van der Waals surface area contributed by atoms with Gasteiger partial charge < -0.3 is 0 Å². The molecule has 2 fully saturated rings. The molecule has 0 bridgehead atoms. The van der Waals surface area contributed by atoms with Gasteiger partial charge in [-0.2, -0.15) is 13.2 Å². The Labute approximate surface area is 181 Å². The monoisotopic (exact) mass is 438 g/mol. The van der Waals surface area contributed by atoms with Crippen molar-refractivity contribution in [2.75, 3.05) is 9.96 Å². The molecule has 2 aliphatic rings. The quantitative estimate of drug-likeness (QED) is 0.554. The van der Waals surface area contributed by atoms with Gasteiger partial charge in [-0.25, -0.2) is 9.96 Å². The number of halogens is 3. The van der Waals surface area contributed by atoms with Crippen LogP contribution < -0.4 is 9.96 Å². The van der Waals surface area contributed by atoms with Gasteiger partial charge in [-0.3, -0.25) is 14.4 Å². The normalized spacial score (nSPS) is 23.0. The standard InChI is InChI=1S/C24H17F3N2O3/c25-24(26,27)16-10-7-13-18(14-16)28-22(30)19-20(15-8-3-1-4-9-15)29(32-21(19)23(28)31)17-11-5-2-6-12-17/h1-14,19-21H/t19-,20+,21-/m1/s1. The number of nitrogens with zero attached hydrogens (tertiary/aromatic N) is 2. The van der Waals surface area contributed by atoms with Gasteiger partial charge in [0.25, 0.3) is 5.91 Å². The number of carbonyl (C=O) groups is 2. The molecule has 0 radical (unpaired) electrons. The number of amides is 2. The van der Waals surface area contributed by atoms with Crippen LogP contribution in [-0.2, 0) is 20.6 Å². The number of anilines is 2. The summed E-state index contributed by atoms with van der Waals surface area (Å²) < 4.78 is 39.5. The summed E-state index contributed by atoms with van der Waals surface area (Å²) in [6, 6.07) is 21.8. The molecule has 0 aromatic heterocycles. The highest BCUT2D eigenvalue weighted by atomic mass is 19.4. The number of imide groups is 1. The topological polar surface area (TPSA) is 49.9 Å². The molecule has 2 aliphatic heterocycles. The lowest BCUT2D eigenvalue weighted by Crippen LogP contribution is -2.37. The van der Waals surface area contributed by atoms with E-state index in [9.17, 15) is 22.8 Å². The van der Waals surface area contributed by atoms with E-state index < -0.39 is 41.6 Å². The Bertz CT molecular complexity index is 1170. The number of fused-ring (bicyclic) bond motifs is 1. The van der Waals surface area contributed by atoms with Crippen LogP contribution in [0.3, 0.4) is 0 Å². The van der Waals surface area contributed by atoms with Crippen molar-refractivity contribution in [2.45, 2.75) is 18.3 Å². The van der Waals surface area contributed by atoms with Gasteiger partial charge in [0.05, 0.1) is 23.0 Å². The molecule has 2 heterocycles. The number of hydrogen-bond acceptors (Lipinski definition) is 4. The van der Waals surface area contributed by atoms with Crippen molar-refractivity contribution in [2.24, 2.45) is 5.92 Å². The minimum atomic E-state index is -4.59. The highest BCUT2D eigenvalue weighted by molar-refractivity contribution is 6.24. The Balaban J connectivity index is 1.56. The Hall–Kier alpha value is -3.65. The zero-order valence-electron chi connectivity index (χ0n) is 16.6. The molecule has 0 N–H and O–H groups in total. The number of hydroxylamine groups is 1. The van der Waals surface area contributed by atoms with Crippen molar-refractivity contribution < 1.29 is 27.6 Å². The molecule has 3 aromatic rings. The van der Waals surface area contributed by atoms with Gasteiger partial charge in [0, 0.05) is 0 Å². The molecule has 0 unspecified atom stereocenters. The summed E-state index contributed by atoms with van der Waals surface area (Å²) in [5, 5.41) is 1.55. The van der Waals surface area contributed by atoms with Crippen molar-refractivity contribution in [3.8, 4) is 0 Å². The second-order valence-corrected chi connectivity index (χ2v) is 7.63. The molecule has 5 nitrogen and oxygen atoms in total. The lowest BCUT2D eigenvalue weighted by atomic mass is 9.90. The van der Waals surface area contributed by atoms with Crippen LogP contribution in [0.25, 0.3) is 0 Å². The van der Waals surface area contributed by atoms with Crippen molar-refractivity contribution >= 4 is 23.2 Å². The third kappa shape index (κ3) is 3.23. The Morgan fingerprint density at radius 3 is 2.03 bits per heavy atom. The maximum absolute atomic E-state index is 13.4. The molecule has 0 spiro atoms. The van der Waals surface area contributed by atoms with E-state index in [4.69, 9.17) is 4.84 Å². The van der Waals surface area contributed by atoms with Crippen LogP contribution in [0.2, 0.25) is 0 Å². The molecule has 5 rings (SSSR count). The van der Waals surface area contributed by atoms with Gasteiger partial charge in [-0.05, 0) is 35.9 Å². The summed E-state index contributed by atoms with van der Waals surface area (Å²) in [6.45, 7) is 0. The summed E-state index contributed by atoms with van der Waals surface area (Å²) in [7, 11) is 0. The second-order valence-electron chi connectivity index (χ2n) is 7.63. The zero-order chi connectivity index (χ0) is 22.5. The summed E-state index contributed by atoms with van der Waals surface area (Å²) >= 11 is 0. The Morgan fingerprint density at radius 2 is 1.38 bits per heavy atom. The lowest BCUT2D eigenvalue weighted by molar-refractivity contribution is -0.137. The van der Waals surface area contributed by atoms with Crippen LogP contribution in [0.15, 0.2) is 84.9 Å². The maximum atomic E-state index is 13.4. The molecule has 3 aromatic carbocycles. The third-order valence-corrected chi connectivity index (χ3v) is 5.70. The first-order valence-electron chi connectivity index (χ1n) is 9.97. The number of rotatable bonds is 3.